The van der Waals surface area contributed by atoms with Gasteiger partial charge in [0.15, 0.2) is 5.17 Å². The Kier molecular flexibility index (Phi) is 1.81. The zero-order valence-corrected chi connectivity index (χ0v) is 6.24. The molecular formula is C6H10N2S. The molecule has 2 nitrogen and oxygen atoms in total. The van der Waals surface area contributed by atoms with Gasteiger partial charge in [-0.25, -0.2) is 0 Å². The van der Waals surface area contributed by atoms with Crippen molar-refractivity contribution in [2.45, 2.75) is 19.4 Å². The van der Waals surface area contributed by atoms with Gasteiger partial charge in [0.2, 0.25) is 0 Å². The molecule has 0 saturated carbocycles. The van der Waals surface area contributed by atoms with Crippen molar-refractivity contribution in [1.82, 2.24) is 0 Å². The summed E-state index contributed by atoms with van der Waals surface area (Å²) in [4.78, 5) is 5.25. The smallest absolute Gasteiger partial charge is 0.158 e. The topological polar surface area (TPSA) is 38.4 Å². The third-order valence-electron chi connectivity index (χ3n) is 1.12. The summed E-state index contributed by atoms with van der Waals surface area (Å²) in [5.74, 6) is 0. The summed E-state index contributed by atoms with van der Waals surface area (Å²) in [5.41, 5.74) is 5.47. The van der Waals surface area contributed by atoms with Gasteiger partial charge in [0.1, 0.15) is 0 Å². The van der Waals surface area contributed by atoms with Crippen LogP contribution in [0.15, 0.2) is 16.5 Å². The Morgan fingerprint density at radius 3 is 3.00 bits per heavy atom. The summed E-state index contributed by atoms with van der Waals surface area (Å²) >= 11 is 1.48. The lowest BCUT2D eigenvalue weighted by atomic mass is 10.2. The van der Waals surface area contributed by atoms with Gasteiger partial charge in [-0.1, -0.05) is 18.3 Å². The van der Waals surface area contributed by atoms with Crippen LogP contribution in [0.3, 0.4) is 0 Å². The molecule has 1 rings (SSSR count). The van der Waals surface area contributed by atoms with Gasteiger partial charge >= 0.3 is 0 Å². The van der Waals surface area contributed by atoms with Crippen LogP contribution in [0.25, 0.3) is 0 Å². The van der Waals surface area contributed by atoms with E-state index in [2.05, 4.69) is 11.6 Å². The van der Waals surface area contributed by atoms with Gasteiger partial charge in [-0.2, -0.15) is 0 Å². The fourth-order valence-corrected chi connectivity index (χ4v) is 1.66. The Labute approximate surface area is 59.2 Å². The molecule has 0 spiro atoms. The Hall–Kier alpha value is -0.440. The van der Waals surface area contributed by atoms with Crippen molar-refractivity contribution in [3.8, 4) is 0 Å². The van der Waals surface area contributed by atoms with E-state index in [0.717, 1.165) is 11.3 Å². The normalized spacial score (nSPS) is 27.9. The second-order valence-corrected chi connectivity index (χ2v) is 3.36. The molecule has 0 fully saturated rings. The number of rotatable bonds is 0. The van der Waals surface area contributed by atoms with Crippen molar-refractivity contribution in [2.75, 3.05) is 0 Å². The third-order valence-corrected chi connectivity index (χ3v) is 1.89. The summed E-state index contributed by atoms with van der Waals surface area (Å²) in [7, 11) is 0. The van der Waals surface area contributed by atoms with E-state index >= 15 is 0 Å². The molecule has 0 radical (unpaired) electrons. The van der Waals surface area contributed by atoms with Gasteiger partial charge in [0, 0.05) is 6.42 Å². The largest absolute Gasteiger partial charge is 0.378 e. The quantitative estimate of drug-likeness (QED) is 0.554. The van der Waals surface area contributed by atoms with Gasteiger partial charge in [-0.05, 0) is 11.8 Å². The van der Waals surface area contributed by atoms with Gasteiger partial charge in [0.25, 0.3) is 0 Å². The number of amidine groups is 1. The van der Waals surface area contributed by atoms with Crippen LogP contribution < -0.4 is 5.73 Å². The van der Waals surface area contributed by atoms with Crippen molar-refractivity contribution >= 4 is 16.9 Å². The van der Waals surface area contributed by atoms with Crippen molar-refractivity contribution in [3.05, 3.63) is 11.5 Å². The van der Waals surface area contributed by atoms with Gasteiger partial charge < -0.3 is 5.73 Å². The van der Waals surface area contributed by atoms with E-state index in [1.165, 1.54) is 11.8 Å². The maximum atomic E-state index is 5.47. The van der Waals surface area contributed by atoms with Crippen molar-refractivity contribution in [3.63, 3.8) is 0 Å². The summed E-state index contributed by atoms with van der Waals surface area (Å²) in [5, 5.41) is 0.652. The molecule has 1 atom stereocenters. The van der Waals surface area contributed by atoms with E-state index < -0.39 is 0 Å². The number of hydrogen-bond acceptors (Lipinski definition) is 3. The van der Waals surface area contributed by atoms with Crippen LogP contribution in [0.4, 0.5) is 0 Å². The Morgan fingerprint density at radius 1 is 1.89 bits per heavy atom. The SMILES string of the molecule is C=C1C[C@H](C)N=C(N)S1. The zero-order chi connectivity index (χ0) is 6.85. The van der Waals surface area contributed by atoms with Crippen LogP contribution in [0.5, 0.6) is 0 Å². The van der Waals surface area contributed by atoms with Crippen LogP contribution >= 0.6 is 11.8 Å². The number of nitrogens with zero attached hydrogens (tertiary/aromatic N) is 1. The van der Waals surface area contributed by atoms with Gasteiger partial charge in [-0.15, -0.1) is 0 Å². The van der Waals surface area contributed by atoms with Crippen LogP contribution in [0, 0.1) is 0 Å². The molecule has 2 N–H and O–H groups in total. The monoisotopic (exact) mass is 142 g/mol. The highest BCUT2D eigenvalue weighted by molar-refractivity contribution is 8.17. The molecule has 0 unspecified atom stereocenters. The molecule has 0 bridgehead atoms. The van der Waals surface area contributed by atoms with Crippen molar-refractivity contribution < 1.29 is 0 Å². The maximum absolute atomic E-state index is 5.47. The second-order valence-electron chi connectivity index (χ2n) is 2.16. The minimum absolute atomic E-state index is 0.332. The predicted molar refractivity (Wildman–Crippen MR) is 42.4 cm³/mol. The fourth-order valence-electron chi connectivity index (χ4n) is 0.808. The third kappa shape index (κ3) is 1.75. The summed E-state index contributed by atoms with van der Waals surface area (Å²) in [6.07, 6.45) is 0.964. The highest BCUT2D eigenvalue weighted by Gasteiger charge is 2.11. The number of nitrogens with two attached hydrogens (primary N) is 1. The highest BCUT2D eigenvalue weighted by Crippen LogP contribution is 2.24. The first-order valence-electron chi connectivity index (χ1n) is 2.87. The Morgan fingerprint density at radius 2 is 2.56 bits per heavy atom. The summed E-state index contributed by atoms with van der Waals surface area (Å²) in [6, 6.07) is 0.332. The lowest BCUT2D eigenvalue weighted by molar-refractivity contribution is 0.751. The number of thioether (sulfide) groups is 1. The van der Waals surface area contributed by atoms with Crippen LogP contribution in [0.1, 0.15) is 13.3 Å². The van der Waals surface area contributed by atoms with Gasteiger partial charge in [-0.3, -0.25) is 4.99 Å². The highest BCUT2D eigenvalue weighted by atomic mass is 32.2. The van der Waals surface area contributed by atoms with E-state index in [1.807, 2.05) is 6.92 Å². The molecule has 0 aliphatic carbocycles. The standard InChI is InChI=1S/C6H10N2S/c1-4-3-5(2)9-6(7)8-4/h4H,2-3H2,1H3,(H2,7,8)/t4-/m0/s1. The van der Waals surface area contributed by atoms with E-state index in [4.69, 9.17) is 5.73 Å². The fraction of sp³-hybridized carbons (Fsp3) is 0.500. The molecule has 0 amide bonds. The van der Waals surface area contributed by atoms with Gasteiger partial charge in [0.05, 0.1) is 6.04 Å². The second kappa shape index (κ2) is 2.43. The summed E-state index contributed by atoms with van der Waals surface area (Å²) < 4.78 is 0. The molecule has 3 heteroatoms. The molecule has 1 aliphatic rings. The minimum atomic E-state index is 0.332. The lowest BCUT2D eigenvalue weighted by Crippen LogP contribution is -2.16. The zero-order valence-electron chi connectivity index (χ0n) is 5.42. The Bertz CT molecular complexity index is 162. The molecule has 0 saturated heterocycles. The first-order valence-corrected chi connectivity index (χ1v) is 3.69. The average molecular weight is 142 g/mol. The maximum Gasteiger partial charge on any atom is 0.158 e. The van der Waals surface area contributed by atoms with E-state index in [0.29, 0.717) is 11.2 Å². The van der Waals surface area contributed by atoms with Crippen molar-refractivity contribution in [2.24, 2.45) is 10.7 Å². The summed E-state index contributed by atoms with van der Waals surface area (Å²) in [6.45, 7) is 5.86. The van der Waals surface area contributed by atoms with E-state index in [-0.39, 0.29) is 0 Å². The van der Waals surface area contributed by atoms with Crippen LogP contribution in [-0.4, -0.2) is 11.2 Å². The predicted octanol–water partition coefficient (Wildman–Crippen LogP) is 1.34. The van der Waals surface area contributed by atoms with Crippen molar-refractivity contribution in [1.29, 1.82) is 0 Å². The lowest BCUT2D eigenvalue weighted by Gasteiger charge is -2.14. The molecule has 1 aliphatic heterocycles. The molecule has 9 heavy (non-hydrogen) atoms. The Balaban J connectivity index is 2.67. The molecule has 1 heterocycles. The molecule has 0 aromatic heterocycles. The van der Waals surface area contributed by atoms with Crippen LogP contribution in [0.2, 0.25) is 0 Å². The molecule has 0 aromatic rings. The molecule has 0 aromatic carbocycles. The number of aliphatic imine (C=N–C) groups is 1. The van der Waals surface area contributed by atoms with Crippen LogP contribution in [-0.2, 0) is 0 Å². The number of hydrogen-bond donors (Lipinski definition) is 1. The molecule has 50 valence electrons. The van der Waals surface area contributed by atoms with E-state index in [1.54, 1.807) is 0 Å². The molecular weight excluding hydrogens is 132 g/mol. The first-order chi connectivity index (χ1) is 4.18. The first kappa shape index (κ1) is 6.68. The van der Waals surface area contributed by atoms with E-state index in [9.17, 15) is 0 Å². The average Bonchev–Trinajstić information content (AvgIpc) is 1.59. The minimum Gasteiger partial charge on any atom is -0.378 e.